The minimum Gasteiger partial charge on any atom is -0.508 e. The van der Waals surface area contributed by atoms with E-state index in [0.29, 0.717) is 16.9 Å². The molecule has 0 fully saturated rings. The first-order valence-corrected chi connectivity index (χ1v) is 6.06. The summed E-state index contributed by atoms with van der Waals surface area (Å²) in [7, 11) is 0. The summed E-state index contributed by atoms with van der Waals surface area (Å²) in [6.07, 6.45) is 0. The first-order chi connectivity index (χ1) is 9.60. The quantitative estimate of drug-likeness (QED) is 0.864. The van der Waals surface area contributed by atoms with Crippen LogP contribution in [0.25, 0.3) is 0 Å². The number of hydrogen-bond donors (Lipinski definition) is 1. The number of phenolic OH excluding ortho intramolecular Hbond substituents is 1. The molecule has 1 N–H and O–H groups in total. The number of carbonyl (C=O) groups is 1. The Hall–Kier alpha value is -2.80. The predicted octanol–water partition coefficient (Wildman–Crippen LogP) is 3.05. The van der Waals surface area contributed by atoms with E-state index in [1.165, 1.54) is 6.92 Å². The summed E-state index contributed by atoms with van der Waals surface area (Å²) < 4.78 is 5.55. The van der Waals surface area contributed by atoms with Gasteiger partial charge < -0.3 is 9.84 Å². The van der Waals surface area contributed by atoms with Gasteiger partial charge >= 0.3 is 0 Å². The van der Waals surface area contributed by atoms with Crippen LogP contribution in [0.3, 0.4) is 0 Å². The highest BCUT2D eigenvalue weighted by Crippen LogP contribution is 2.20. The van der Waals surface area contributed by atoms with Crippen molar-refractivity contribution in [2.75, 3.05) is 0 Å². The molecule has 0 aliphatic heterocycles. The number of carbonyl (C=O) groups excluding carboxylic acids is 1. The second-order valence-corrected chi connectivity index (χ2v) is 4.33. The zero-order valence-electron chi connectivity index (χ0n) is 11.0. The molecule has 0 aliphatic rings. The van der Waals surface area contributed by atoms with E-state index in [9.17, 15) is 9.90 Å². The maximum atomic E-state index is 11.3. The molecule has 0 atom stereocenters. The molecule has 0 heterocycles. The van der Waals surface area contributed by atoms with Crippen molar-refractivity contribution in [2.24, 2.45) is 0 Å². The number of nitriles is 1. The Kier molecular flexibility index (Phi) is 4.02. The van der Waals surface area contributed by atoms with E-state index in [2.05, 4.69) is 0 Å². The number of hydrogen-bond acceptors (Lipinski definition) is 4. The van der Waals surface area contributed by atoms with Gasteiger partial charge in [-0.05, 0) is 42.8 Å². The molecule has 0 bridgehead atoms. The third-order valence-electron chi connectivity index (χ3n) is 2.81. The van der Waals surface area contributed by atoms with Crippen LogP contribution < -0.4 is 4.74 Å². The van der Waals surface area contributed by atoms with Crippen LogP contribution in [0.1, 0.15) is 28.4 Å². The van der Waals surface area contributed by atoms with E-state index in [-0.39, 0.29) is 18.1 Å². The standard InChI is InChI=1S/C16H13NO3/c1-11(18)16-6-5-15(8-13(16)9-17)20-10-12-3-2-4-14(19)7-12/h2-8,19H,10H2,1H3. The molecule has 100 valence electrons. The smallest absolute Gasteiger partial charge is 0.161 e. The molecule has 2 aromatic rings. The highest BCUT2D eigenvalue weighted by Gasteiger charge is 2.08. The molecule has 20 heavy (non-hydrogen) atoms. The summed E-state index contributed by atoms with van der Waals surface area (Å²) in [5.41, 5.74) is 1.50. The molecule has 0 aliphatic carbocycles. The van der Waals surface area contributed by atoms with Gasteiger partial charge in [0.25, 0.3) is 0 Å². The Labute approximate surface area is 116 Å². The zero-order valence-corrected chi connectivity index (χ0v) is 11.0. The minimum atomic E-state index is -0.152. The van der Waals surface area contributed by atoms with Gasteiger partial charge in [0.1, 0.15) is 24.2 Å². The van der Waals surface area contributed by atoms with Gasteiger partial charge in [0.2, 0.25) is 0 Å². The van der Waals surface area contributed by atoms with Gasteiger partial charge in [-0.15, -0.1) is 0 Å². The summed E-state index contributed by atoms with van der Waals surface area (Å²) in [4.78, 5) is 11.3. The molecule has 2 rings (SSSR count). The largest absolute Gasteiger partial charge is 0.508 e. The third kappa shape index (κ3) is 3.15. The van der Waals surface area contributed by atoms with Crippen molar-refractivity contribution in [1.29, 1.82) is 5.26 Å². The maximum absolute atomic E-state index is 11.3. The zero-order chi connectivity index (χ0) is 14.5. The fourth-order valence-corrected chi connectivity index (χ4v) is 1.83. The number of nitrogens with zero attached hydrogens (tertiary/aromatic N) is 1. The fourth-order valence-electron chi connectivity index (χ4n) is 1.83. The second kappa shape index (κ2) is 5.89. The van der Waals surface area contributed by atoms with Crippen LogP contribution in [0.2, 0.25) is 0 Å². The first-order valence-electron chi connectivity index (χ1n) is 6.06. The van der Waals surface area contributed by atoms with E-state index in [1.54, 1.807) is 36.4 Å². The van der Waals surface area contributed by atoms with Gasteiger partial charge in [0, 0.05) is 5.56 Å². The summed E-state index contributed by atoms with van der Waals surface area (Å²) in [6.45, 7) is 1.70. The van der Waals surface area contributed by atoms with Crippen LogP contribution in [-0.2, 0) is 6.61 Å². The highest BCUT2D eigenvalue weighted by atomic mass is 16.5. The van der Waals surface area contributed by atoms with Crippen molar-refractivity contribution >= 4 is 5.78 Å². The Morgan fingerprint density at radius 2 is 2.10 bits per heavy atom. The summed E-state index contributed by atoms with van der Waals surface area (Å²) in [5, 5.41) is 18.4. The normalized spacial score (nSPS) is 9.80. The van der Waals surface area contributed by atoms with Crippen molar-refractivity contribution < 1.29 is 14.6 Å². The van der Waals surface area contributed by atoms with Crippen molar-refractivity contribution in [2.45, 2.75) is 13.5 Å². The van der Waals surface area contributed by atoms with Gasteiger partial charge in [0.15, 0.2) is 5.78 Å². The molecule has 0 amide bonds. The number of benzene rings is 2. The number of ether oxygens (including phenoxy) is 1. The van der Waals surface area contributed by atoms with Gasteiger partial charge in [-0.3, -0.25) is 4.79 Å². The van der Waals surface area contributed by atoms with E-state index in [4.69, 9.17) is 10.00 Å². The average molecular weight is 267 g/mol. The minimum absolute atomic E-state index is 0.152. The van der Waals surface area contributed by atoms with Crippen molar-refractivity contribution in [3.05, 3.63) is 59.2 Å². The molecule has 4 nitrogen and oxygen atoms in total. The first kappa shape index (κ1) is 13.6. The van der Waals surface area contributed by atoms with Crippen LogP contribution in [-0.4, -0.2) is 10.9 Å². The lowest BCUT2D eigenvalue weighted by Gasteiger charge is -2.08. The molecule has 4 heteroatoms. The van der Waals surface area contributed by atoms with Gasteiger partial charge in [-0.25, -0.2) is 0 Å². The second-order valence-electron chi connectivity index (χ2n) is 4.33. The topological polar surface area (TPSA) is 70.3 Å². The van der Waals surface area contributed by atoms with E-state index in [0.717, 1.165) is 5.56 Å². The van der Waals surface area contributed by atoms with Crippen molar-refractivity contribution in [3.63, 3.8) is 0 Å². The Bertz CT molecular complexity index is 686. The van der Waals surface area contributed by atoms with Crippen LogP contribution in [0.4, 0.5) is 0 Å². The van der Waals surface area contributed by atoms with E-state index >= 15 is 0 Å². The number of Topliss-reactive ketones (excluding diaryl/α,β-unsaturated/α-hetero) is 1. The molecule has 2 aromatic carbocycles. The van der Waals surface area contributed by atoms with E-state index in [1.807, 2.05) is 12.1 Å². The van der Waals surface area contributed by atoms with Crippen molar-refractivity contribution in [1.82, 2.24) is 0 Å². The number of aromatic hydroxyl groups is 1. The Morgan fingerprint density at radius 1 is 1.30 bits per heavy atom. The molecule has 0 unspecified atom stereocenters. The molecular formula is C16H13NO3. The SMILES string of the molecule is CC(=O)c1ccc(OCc2cccc(O)c2)cc1C#N. The van der Waals surface area contributed by atoms with Gasteiger partial charge in [-0.2, -0.15) is 5.26 Å². The Morgan fingerprint density at radius 3 is 2.75 bits per heavy atom. The number of phenols is 1. The van der Waals surface area contributed by atoms with Crippen LogP contribution in [0, 0.1) is 11.3 Å². The summed E-state index contributed by atoms with van der Waals surface area (Å²) in [6, 6.07) is 13.5. The molecule has 0 saturated heterocycles. The van der Waals surface area contributed by atoms with Gasteiger partial charge in [-0.1, -0.05) is 12.1 Å². The molecular weight excluding hydrogens is 254 g/mol. The molecule has 0 spiro atoms. The molecule has 0 aromatic heterocycles. The number of ketones is 1. The third-order valence-corrected chi connectivity index (χ3v) is 2.81. The molecule has 0 radical (unpaired) electrons. The highest BCUT2D eigenvalue weighted by molar-refractivity contribution is 5.96. The molecule has 0 saturated carbocycles. The summed E-state index contributed by atoms with van der Waals surface area (Å²) >= 11 is 0. The summed E-state index contributed by atoms with van der Waals surface area (Å²) in [5.74, 6) is 0.534. The lowest BCUT2D eigenvalue weighted by atomic mass is 10.1. The van der Waals surface area contributed by atoms with E-state index < -0.39 is 0 Å². The average Bonchev–Trinajstić information content (AvgIpc) is 2.44. The van der Waals surface area contributed by atoms with Crippen LogP contribution in [0.15, 0.2) is 42.5 Å². The lowest BCUT2D eigenvalue weighted by molar-refractivity contribution is 0.101. The number of rotatable bonds is 4. The fraction of sp³-hybridized carbons (Fsp3) is 0.125. The predicted molar refractivity (Wildman–Crippen MR) is 73.6 cm³/mol. The van der Waals surface area contributed by atoms with Gasteiger partial charge in [0.05, 0.1) is 5.56 Å². The maximum Gasteiger partial charge on any atom is 0.161 e. The lowest BCUT2D eigenvalue weighted by Crippen LogP contribution is -1.99. The van der Waals surface area contributed by atoms with Crippen molar-refractivity contribution in [3.8, 4) is 17.6 Å². The van der Waals surface area contributed by atoms with Crippen LogP contribution in [0.5, 0.6) is 11.5 Å². The van der Waals surface area contributed by atoms with Crippen LogP contribution >= 0.6 is 0 Å². The monoisotopic (exact) mass is 267 g/mol. The Balaban J connectivity index is 2.15.